The Morgan fingerprint density at radius 3 is 2.30 bits per heavy atom. The van der Waals surface area contributed by atoms with Crippen molar-refractivity contribution in [3.8, 4) is 11.1 Å². The number of nitrogens with zero attached hydrogens (tertiary/aromatic N) is 1. The molecule has 0 fully saturated rings. The van der Waals surface area contributed by atoms with Crippen LogP contribution in [0.15, 0.2) is 83.3 Å². The average molecular weight is 387 g/mol. The Morgan fingerprint density at radius 1 is 0.633 bits per heavy atom. The molecule has 0 unspecified atom stereocenters. The normalized spacial score (nSPS) is 12.3. The maximum atomic E-state index is 6.42. The van der Waals surface area contributed by atoms with Crippen molar-refractivity contribution in [2.75, 3.05) is 11.5 Å². The number of anilines is 2. The van der Waals surface area contributed by atoms with Crippen molar-refractivity contribution in [1.82, 2.24) is 4.40 Å². The molecule has 3 aromatic heterocycles. The zero-order valence-electron chi connectivity index (χ0n) is 16.0. The number of nitrogen functional groups attached to an aromatic ring is 2. The van der Waals surface area contributed by atoms with Gasteiger partial charge < -0.3 is 15.9 Å². The summed E-state index contributed by atoms with van der Waals surface area (Å²) in [5.41, 5.74) is 19.6. The summed E-state index contributed by atoms with van der Waals surface area (Å²) in [6.07, 6.45) is 0. The number of benzene rings is 4. The Morgan fingerprint density at radius 2 is 1.43 bits per heavy atom. The Balaban J connectivity index is 1.71. The molecule has 0 aliphatic carbocycles. The molecule has 30 heavy (non-hydrogen) atoms. The summed E-state index contributed by atoms with van der Waals surface area (Å²) in [5, 5.41) is 5.52. The van der Waals surface area contributed by atoms with Crippen molar-refractivity contribution >= 4 is 60.6 Å². The topological polar surface area (TPSA) is 69.6 Å². The predicted octanol–water partition coefficient (Wildman–Crippen LogP) is 6.41. The highest BCUT2D eigenvalue weighted by Crippen LogP contribution is 2.45. The first-order chi connectivity index (χ1) is 14.7. The number of nitrogens with two attached hydrogens (primary N) is 2. The Labute approximate surface area is 171 Å². The van der Waals surface area contributed by atoms with E-state index in [0.29, 0.717) is 11.5 Å². The number of rotatable bonds is 1. The molecule has 4 nitrogen and oxygen atoms in total. The lowest BCUT2D eigenvalue weighted by Crippen LogP contribution is -1.95. The van der Waals surface area contributed by atoms with E-state index in [0.717, 1.165) is 49.1 Å². The summed E-state index contributed by atoms with van der Waals surface area (Å²) in [4.78, 5) is 0. The van der Waals surface area contributed by atoms with Gasteiger partial charge in [0, 0.05) is 26.9 Å². The van der Waals surface area contributed by atoms with E-state index in [2.05, 4.69) is 59.0 Å². The molecule has 0 amide bonds. The van der Waals surface area contributed by atoms with Gasteiger partial charge in [0.25, 0.3) is 0 Å². The van der Waals surface area contributed by atoms with Crippen LogP contribution in [0.1, 0.15) is 0 Å². The molecule has 0 spiro atoms. The van der Waals surface area contributed by atoms with Crippen LogP contribution in [-0.2, 0) is 0 Å². The van der Waals surface area contributed by atoms with E-state index in [4.69, 9.17) is 15.9 Å². The van der Waals surface area contributed by atoms with Crippen LogP contribution in [0.25, 0.3) is 60.3 Å². The van der Waals surface area contributed by atoms with E-state index in [-0.39, 0.29) is 0 Å². The highest BCUT2D eigenvalue weighted by atomic mass is 16.3. The number of hydrogen-bond acceptors (Lipinski definition) is 3. The number of aromatic nitrogens is 1. The van der Waals surface area contributed by atoms with Crippen LogP contribution >= 0.6 is 0 Å². The molecule has 7 rings (SSSR count). The van der Waals surface area contributed by atoms with Crippen LogP contribution in [0.5, 0.6) is 0 Å². The second-order valence-corrected chi connectivity index (χ2v) is 7.85. The maximum Gasteiger partial charge on any atom is 0.136 e. The van der Waals surface area contributed by atoms with Gasteiger partial charge in [0.15, 0.2) is 0 Å². The summed E-state index contributed by atoms with van der Waals surface area (Å²) >= 11 is 0. The molecular weight excluding hydrogens is 370 g/mol. The highest BCUT2D eigenvalue weighted by molar-refractivity contribution is 6.30. The standard InChI is InChI=1S/C26H17N3O/c27-24-17-8-4-7-16-22-19(29(25(16)17)26(24)28)10-12-21-23(22)18-13-15(9-11-20(18)30-21)14-5-2-1-3-6-14/h1-13H,27-28H2. The van der Waals surface area contributed by atoms with E-state index in [9.17, 15) is 0 Å². The highest BCUT2D eigenvalue weighted by Gasteiger charge is 2.22. The van der Waals surface area contributed by atoms with Crippen LogP contribution in [0.2, 0.25) is 0 Å². The Kier molecular flexibility index (Phi) is 2.75. The van der Waals surface area contributed by atoms with Crippen LogP contribution in [0.4, 0.5) is 11.5 Å². The molecule has 7 aromatic rings. The molecule has 4 N–H and O–H groups in total. The fraction of sp³-hybridized carbons (Fsp3) is 0. The molecular formula is C26H17N3O. The molecule has 3 heterocycles. The number of hydrogen-bond donors (Lipinski definition) is 2. The first-order valence-corrected chi connectivity index (χ1v) is 9.96. The van der Waals surface area contributed by atoms with Crippen LogP contribution in [0, 0.1) is 0 Å². The van der Waals surface area contributed by atoms with Crippen molar-refractivity contribution in [3.05, 3.63) is 78.9 Å². The quantitative estimate of drug-likeness (QED) is 0.342. The van der Waals surface area contributed by atoms with E-state index < -0.39 is 0 Å². The summed E-state index contributed by atoms with van der Waals surface area (Å²) < 4.78 is 8.31. The number of para-hydroxylation sites is 1. The van der Waals surface area contributed by atoms with E-state index in [1.165, 1.54) is 11.1 Å². The van der Waals surface area contributed by atoms with Gasteiger partial charge >= 0.3 is 0 Å². The molecule has 0 aliphatic rings. The third kappa shape index (κ3) is 1.77. The number of fused-ring (bicyclic) bond motifs is 7. The lowest BCUT2D eigenvalue weighted by molar-refractivity contribution is 0.669. The second-order valence-electron chi connectivity index (χ2n) is 7.85. The first-order valence-electron chi connectivity index (χ1n) is 9.96. The van der Waals surface area contributed by atoms with Crippen LogP contribution in [-0.4, -0.2) is 4.40 Å². The maximum absolute atomic E-state index is 6.42. The Hall–Kier alpha value is -4.18. The molecule has 0 saturated heterocycles. The summed E-state index contributed by atoms with van der Waals surface area (Å²) in [7, 11) is 0. The Bertz CT molecular complexity index is 1760. The second kappa shape index (κ2) is 5.24. The van der Waals surface area contributed by atoms with E-state index >= 15 is 0 Å². The van der Waals surface area contributed by atoms with Crippen LogP contribution < -0.4 is 11.5 Å². The van der Waals surface area contributed by atoms with Gasteiger partial charge in [0.1, 0.15) is 17.0 Å². The van der Waals surface area contributed by atoms with Crippen LogP contribution in [0.3, 0.4) is 0 Å². The summed E-state index contributed by atoms with van der Waals surface area (Å²) in [5.74, 6) is 0.591. The molecule has 0 aliphatic heterocycles. The molecule has 0 saturated carbocycles. The van der Waals surface area contributed by atoms with E-state index in [1.807, 2.05) is 24.3 Å². The van der Waals surface area contributed by atoms with Crippen molar-refractivity contribution in [3.63, 3.8) is 0 Å². The molecule has 4 heteroatoms. The average Bonchev–Trinajstić information content (AvgIpc) is 3.41. The van der Waals surface area contributed by atoms with Crippen molar-refractivity contribution in [2.24, 2.45) is 0 Å². The zero-order valence-corrected chi connectivity index (χ0v) is 16.0. The van der Waals surface area contributed by atoms with Gasteiger partial charge in [-0.25, -0.2) is 0 Å². The van der Waals surface area contributed by atoms with Gasteiger partial charge in [0.2, 0.25) is 0 Å². The molecule has 0 atom stereocenters. The van der Waals surface area contributed by atoms with Crippen molar-refractivity contribution in [1.29, 1.82) is 0 Å². The largest absolute Gasteiger partial charge is 0.456 e. The fourth-order valence-corrected chi connectivity index (χ4v) is 4.96. The number of furan rings is 1. The predicted molar refractivity (Wildman–Crippen MR) is 125 cm³/mol. The monoisotopic (exact) mass is 387 g/mol. The minimum Gasteiger partial charge on any atom is -0.456 e. The molecule has 142 valence electrons. The summed E-state index contributed by atoms with van der Waals surface area (Å²) in [6.45, 7) is 0. The minimum atomic E-state index is 0.591. The lowest BCUT2D eigenvalue weighted by Gasteiger charge is -2.02. The van der Waals surface area contributed by atoms with Gasteiger partial charge in [-0.15, -0.1) is 0 Å². The van der Waals surface area contributed by atoms with Gasteiger partial charge in [-0.2, -0.15) is 0 Å². The fourth-order valence-electron chi connectivity index (χ4n) is 4.96. The van der Waals surface area contributed by atoms with Gasteiger partial charge in [0.05, 0.1) is 16.7 Å². The smallest absolute Gasteiger partial charge is 0.136 e. The third-order valence-corrected chi connectivity index (χ3v) is 6.30. The van der Waals surface area contributed by atoms with Gasteiger partial charge in [-0.3, -0.25) is 4.40 Å². The third-order valence-electron chi connectivity index (χ3n) is 6.30. The van der Waals surface area contributed by atoms with Gasteiger partial charge in [-0.1, -0.05) is 54.6 Å². The SMILES string of the molecule is Nc1c(N)n2c3ccc4oc5ccc(-c6ccccc6)cc5c4c3c3cccc1c32. The van der Waals surface area contributed by atoms with Gasteiger partial charge in [-0.05, 0) is 35.4 Å². The minimum absolute atomic E-state index is 0.591. The van der Waals surface area contributed by atoms with E-state index in [1.54, 1.807) is 0 Å². The lowest BCUT2D eigenvalue weighted by atomic mass is 10.0. The summed E-state index contributed by atoms with van der Waals surface area (Å²) in [6, 6.07) is 27.1. The molecule has 0 radical (unpaired) electrons. The molecule has 0 bridgehead atoms. The van der Waals surface area contributed by atoms with Crippen molar-refractivity contribution < 1.29 is 4.42 Å². The van der Waals surface area contributed by atoms with Crippen molar-refractivity contribution in [2.45, 2.75) is 0 Å². The first kappa shape index (κ1) is 15.7. The zero-order chi connectivity index (χ0) is 20.0. The molecule has 4 aromatic carbocycles.